The van der Waals surface area contributed by atoms with Crippen LogP contribution in [0.25, 0.3) is 0 Å². The minimum absolute atomic E-state index is 1.09. The van der Waals surface area contributed by atoms with Gasteiger partial charge in [-0.05, 0) is 51.0 Å². The van der Waals surface area contributed by atoms with E-state index in [4.69, 9.17) is 4.43 Å². The second-order valence-corrected chi connectivity index (χ2v) is 9.81. The normalized spacial score (nSPS) is 15.9. The first-order chi connectivity index (χ1) is 7.56. The molecule has 2 rings (SSSR count). The summed E-state index contributed by atoms with van der Waals surface area (Å²) in [7, 11) is -1.50. The minimum atomic E-state index is -1.50. The lowest BCUT2D eigenvalue weighted by Crippen LogP contribution is -2.29. The number of anilines is 1. The van der Waals surface area contributed by atoms with Gasteiger partial charge >= 0.3 is 0 Å². The van der Waals surface area contributed by atoms with Gasteiger partial charge in [0.25, 0.3) is 0 Å². The first-order valence-corrected chi connectivity index (χ1v) is 9.52. The van der Waals surface area contributed by atoms with Crippen molar-refractivity contribution in [2.75, 3.05) is 11.9 Å². The Balaban J connectivity index is 2.31. The zero-order valence-electron chi connectivity index (χ0n) is 10.5. The molecular weight excluding hydrogens is 214 g/mol. The van der Waals surface area contributed by atoms with E-state index in [-0.39, 0.29) is 0 Å². The molecule has 16 heavy (non-hydrogen) atoms. The molecule has 3 heteroatoms. The third-order valence-electron chi connectivity index (χ3n) is 2.72. The average Bonchev–Trinajstić information content (AvgIpc) is 2.41. The molecule has 1 aliphatic rings. The topological polar surface area (TPSA) is 21.3 Å². The van der Waals surface area contributed by atoms with Crippen LogP contribution in [0, 0.1) is 0 Å². The molecule has 0 amide bonds. The van der Waals surface area contributed by atoms with E-state index < -0.39 is 8.32 Å². The van der Waals surface area contributed by atoms with Crippen LogP contribution in [0.3, 0.4) is 0 Å². The molecule has 88 valence electrons. The molecule has 0 radical (unpaired) electrons. The Labute approximate surface area is 99.1 Å². The number of benzene rings is 1. The van der Waals surface area contributed by atoms with Crippen LogP contribution in [0.4, 0.5) is 5.69 Å². The van der Waals surface area contributed by atoms with Crippen LogP contribution in [0.15, 0.2) is 18.2 Å². The van der Waals surface area contributed by atoms with Crippen LogP contribution in [0.2, 0.25) is 19.6 Å². The molecule has 0 atom stereocenters. The van der Waals surface area contributed by atoms with Gasteiger partial charge in [-0.1, -0.05) is 6.07 Å². The Morgan fingerprint density at radius 3 is 2.75 bits per heavy atom. The van der Waals surface area contributed by atoms with Gasteiger partial charge in [-0.2, -0.15) is 0 Å². The van der Waals surface area contributed by atoms with Crippen LogP contribution in [-0.4, -0.2) is 14.9 Å². The molecule has 0 aromatic heterocycles. The fourth-order valence-electron chi connectivity index (χ4n) is 2.06. The number of nitrogens with one attached hydrogen (secondary N) is 1. The Hall–Kier alpha value is -0.963. The number of fused-ring (bicyclic) bond motifs is 1. The summed E-state index contributed by atoms with van der Waals surface area (Å²) in [5, 5.41) is 3.49. The maximum absolute atomic E-state index is 6.15. The van der Waals surface area contributed by atoms with Crippen molar-refractivity contribution < 1.29 is 4.43 Å². The second kappa shape index (κ2) is 4.50. The predicted molar refractivity (Wildman–Crippen MR) is 71.8 cm³/mol. The van der Waals surface area contributed by atoms with Gasteiger partial charge in [-0.3, -0.25) is 0 Å². The lowest BCUT2D eigenvalue weighted by Gasteiger charge is -2.22. The quantitative estimate of drug-likeness (QED) is 0.790. The molecule has 0 bridgehead atoms. The Morgan fingerprint density at radius 1 is 1.19 bits per heavy atom. The molecule has 1 N–H and O–H groups in total. The summed E-state index contributed by atoms with van der Waals surface area (Å²) in [5.41, 5.74) is 2.65. The molecule has 2 nitrogen and oxygen atoms in total. The Kier molecular flexibility index (Phi) is 3.24. The maximum Gasteiger partial charge on any atom is 0.242 e. The first kappa shape index (κ1) is 11.5. The summed E-state index contributed by atoms with van der Waals surface area (Å²) in [6.07, 6.45) is 3.65. The average molecular weight is 235 g/mol. The van der Waals surface area contributed by atoms with Gasteiger partial charge in [0.1, 0.15) is 5.75 Å². The van der Waals surface area contributed by atoms with Crippen LogP contribution < -0.4 is 9.74 Å². The molecule has 1 aliphatic heterocycles. The highest BCUT2D eigenvalue weighted by atomic mass is 28.4. The summed E-state index contributed by atoms with van der Waals surface area (Å²) in [6.45, 7) is 7.78. The van der Waals surface area contributed by atoms with Gasteiger partial charge in [-0.15, -0.1) is 0 Å². The van der Waals surface area contributed by atoms with E-state index in [1.54, 1.807) is 0 Å². The zero-order valence-corrected chi connectivity index (χ0v) is 11.5. The van der Waals surface area contributed by atoms with E-state index in [1.807, 2.05) is 0 Å². The van der Waals surface area contributed by atoms with Crippen LogP contribution in [0.1, 0.15) is 18.4 Å². The minimum Gasteiger partial charge on any atom is -0.544 e. The van der Waals surface area contributed by atoms with Gasteiger partial charge in [0, 0.05) is 17.8 Å². The van der Waals surface area contributed by atoms with Gasteiger partial charge < -0.3 is 9.74 Å². The van der Waals surface area contributed by atoms with Gasteiger partial charge in [0.15, 0.2) is 0 Å². The van der Waals surface area contributed by atoms with Crippen molar-refractivity contribution >= 4 is 14.0 Å². The van der Waals surface area contributed by atoms with E-state index >= 15 is 0 Å². The third-order valence-corrected chi connectivity index (χ3v) is 3.55. The fraction of sp³-hybridized carbons (Fsp3) is 0.538. The Bertz CT molecular complexity index is 371. The first-order valence-electron chi connectivity index (χ1n) is 6.11. The molecule has 0 saturated carbocycles. The number of rotatable bonds is 2. The van der Waals surface area contributed by atoms with Gasteiger partial charge in [-0.25, -0.2) is 0 Å². The highest BCUT2D eigenvalue weighted by molar-refractivity contribution is 6.70. The van der Waals surface area contributed by atoms with Crippen LogP contribution in [0.5, 0.6) is 5.75 Å². The van der Waals surface area contributed by atoms with E-state index in [0.29, 0.717) is 0 Å². The van der Waals surface area contributed by atoms with Crippen molar-refractivity contribution in [3.05, 3.63) is 23.8 Å². The summed E-state index contributed by atoms with van der Waals surface area (Å²) < 4.78 is 6.15. The number of hydrogen-bond donors (Lipinski definition) is 1. The second-order valence-electron chi connectivity index (χ2n) is 5.38. The molecule has 0 fully saturated rings. The maximum atomic E-state index is 6.15. The third kappa shape index (κ3) is 2.79. The molecule has 1 heterocycles. The summed E-state index contributed by atoms with van der Waals surface area (Å²) in [4.78, 5) is 0. The van der Waals surface area contributed by atoms with Crippen LogP contribution in [-0.2, 0) is 6.42 Å². The standard InChI is InChI=1S/C13H21NOSi/c1-16(2,3)15-13-9-6-8-12-11(13)7-4-5-10-14-12/h6,8-9,14H,4-5,7,10H2,1-3H3. The highest BCUT2D eigenvalue weighted by Gasteiger charge is 2.20. The Morgan fingerprint density at radius 2 is 2.00 bits per heavy atom. The SMILES string of the molecule is C[Si](C)(C)Oc1cccc2c1CCCCN2. The van der Waals surface area contributed by atoms with Crippen LogP contribution >= 0.6 is 0 Å². The van der Waals surface area contributed by atoms with E-state index in [9.17, 15) is 0 Å². The molecule has 0 saturated heterocycles. The summed E-state index contributed by atoms with van der Waals surface area (Å²) in [6, 6.07) is 6.37. The molecule has 1 aromatic carbocycles. The van der Waals surface area contributed by atoms with Crippen molar-refractivity contribution in [3.8, 4) is 5.75 Å². The molecule has 0 aliphatic carbocycles. The lowest BCUT2D eigenvalue weighted by molar-refractivity contribution is 0.548. The van der Waals surface area contributed by atoms with Crippen molar-refractivity contribution in [1.29, 1.82) is 0 Å². The summed E-state index contributed by atoms with van der Waals surface area (Å²) >= 11 is 0. The predicted octanol–water partition coefficient (Wildman–Crippen LogP) is 3.65. The molecular formula is C13H21NOSi. The smallest absolute Gasteiger partial charge is 0.242 e. The molecule has 1 aromatic rings. The monoisotopic (exact) mass is 235 g/mol. The van der Waals surface area contributed by atoms with E-state index in [0.717, 1.165) is 18.7 Å². The zero-order chi connectivity index (χ0) is 11.6. The van der Waals surface area contributed by atoms with Gasteiger partial charge in [0.2, 0.25) is 8.32 Å². The fourth-order valence-corrected chi connectivity index (χ4v) is 2.92. The van der Waals surface area contributed by atoms with E-state index in [1.165, 1.54) is 24.1 Å². The van der Waals surface area contributed by atoms with Crippen molar-refractivity contribution in [3.63, 3.8) is 0 Å². The number of hydrogen-bond acceptors (Lipinski definition) is 2. The lowest BCUT2D eigenvalue weighted by atomic mass is 10.1. The van der Waals surface area contributed by atoms with Gasteiger partial charge in [0.05, 0.1) is 0 Å². The van der Waals surface area contributed by atoms with Crippen molar-refractivity contribution in [2.45, 2.75) is 38.9 Å². The van der Waals surface area contributed by atoms with E-state index in [2.05, 4.69) is 43.2 Å². The summed E-state index contributed by atoms with van der Waals surface area (Å²) in [5.74, 6) is 1.10. The highest BCUT2D eigenvalue weighted by Crippen LogP contribution is 2.31. The van der Waals surface area contributed by atoms with Crippen molar-refractivity contribution in [2.24, 2.45) is 0 Å². The van der Waals surface area contributed by atoms with Crippen molar-refractivity contribution in [1.82, 2.24) is 0 Å². The molecule has 0 spiro atoms. The largest absolute Gasteiger partial charge is 0.544 e. The molecule has 0 unspecified atom stereocenters.